The molecule has 0 aromatic heterocycles. The molecule has 20 heavy (non-hydrogen) atoms. The number of benzene rings is 1. The summed E-state index contributed by atoms with van der Waals surface area (Å²) in [5.74, 6) is 1.48. The van der Waals surface area contributed by atoms with Crippen molar-refractivity contribution in [3.63, 3.8) is 0 Å². The molecule has 1 fully saturated rings. The molecule has 0 spiro atoms. The highest BCUT2D eigenvalue weighted by Crippen LogP contribution is 2.31. The average Bonchev–Trinajstić information content (AvgIpc) is 2.41. The van der Waals surface area contributed by atoms with E-state index in [4.69, 9.17) is 0 Å². The van der Waals surface area contributed by atoms with Gasteiger partial charge in [0.25, 0.3) is 0 Å². The van der Waals surface area contributed by atoms with Crippen LogP contribution in [0.15, 0.2) is 29.2 Å². The Labute approximate surface area is 126 Å². The second kappa shape index (κ2) is 6.66. The smallest absolute Gasteiger partial charge is 0.230 e. The lowest BCUT2D eigenvalue weighted by atomic mass is 9.78. The van der Waals surface area contributed by atoms with Gasteiger partial charge >= 0.3 is 0 Å². The van der Waals surface area contributed by atoms with Crippen molar-refractivity contribution in [2.45, 2.75) is 56.9 Å². The first-order valence-electron chi connectivity index (χ1n) is 7.48. The van der Waals surface area contributed by atoms with Crippen LogP contribution < -0.4 is 5.32 Å². The van der Waals surface area contributed by atoms with Crippen molar-refractivity contribution in [1.29, 1.82) is 0 Å². The number of rotatable bonds is 4. The summed E-state index contributed by atoms with van der Waals surface area (Å²) in [5, 5.41) is 3.25. The highest BCUT2D eigenvalue weighted by molar-refractivity contribution is 8.00. The maximum Gasteiger partial charge on any atom is 0.230 e. The molecule has 0 aliphatic heterocycles. The Hall–Kier alpha value is -0.960. The topological polar surface area (TPSA) is 29.1 Å². The summed E-state index contributed by atoms with van der Waals surface area (Å²) in [6.45, 7) is 6.58. The molecule has 0 unspecified atom stereocenters. The lowest BCUT2D eigenvalue weighted by Gasteiger charge is -2.37. The second-order valence-corrected chi connectivity index (χ2v) is 7.36. The van der Waals surface area contributed by atoms with E-state index in [1.165, 1.54) is 23.3 Å². The number of carbonyl (C=O) groups excluding carboxylic acids is 1. The van der Waals surface area contributed by atoms with Crippen molar-refractivity contribution < 1.29 is 4.79 Å². The van der Waals surface area contributed by atoms with Gasteiger partial charge in [0.2, 0.25) is 5.91 Å². The zero-order valence-electron chi connectivity index (χ0n) is 12.7. The summed E-state index contributed by atoms with van der Waals surface area (Å²) in [6, 6.07) is 8.22. The molecule has 2 nitrogen and oxygen atoms in total. The summed E-state index contributed by atoms with van der Waals surface area (Å²) in [4.78, 5) is 13.3. The van der Waals surface area contributed by atoms with Crippen LogP contribution in [0.1, 0.15) is 45.1 Å². The molecule has 2 rings (SSSR count). The number of aryl methyl sites for hydroxylation is 1. The van der Waals surface area contributed by atoms with Crippen molar-refractivity contribution >= 4 is 17.7 Å². The first kappa shape index (κ1) is 15.4. The van der Waals surface area contributed by atoms with E-state index < -0.39 is 0 Å². The first-order valence-corrected chi connectivity index (χ1v) is 8.46. The third-order valence-corrected chi connectivity index (χ3v) is 5.45. The van der Waals surface area contributed by atoms with E-state index in [0.29, 0.717) is 5.75 Å². The molecule has 1 saturated carbocycles. The maximum absolute atomic E-state index is 12.2. The summed E-state index contributed by atoms with van der Waals surface area (Å²) in [7, 11) is 0. The first-order chi connectivity index (χ1) is 9.48. The van der Waals surface area contributed by atoms with Crippen LogP contribution in [0.3, 0.4) is 0 Å². The van der Waals surface area contributed by atoms with Crippen molar-refractivity contribution in [2.24, 2.45) is 5.92 Å². The van der Waals surface area contributed by atoms with Gasteiger partial charge in [-0.05, 0) is 57.1 Å². The maximum atomic E-state index is 12.2. The number of thioether (sulfide) groups is 1. The highest BCUT2D eigenvalue weighted by Gasteiger charge is 2.30. The molecule has 0 heterocycles. The van der Waals surface area contributed by atoms with Gasteiger partial charge in [0.1, 0.15) is 0 Å². The Bertz CT molecular complexity index is 464. The van der Waals surface area contributed by atoms with E-state index in [-0.39, 0.29) is 11.4 Å². The quantitative estimate of drug-likeness (QED) is 0.843. The minimum Gasteiger partial charge on any atom is -0.350 e. The summed E-state index contributed by atoms with van der Waals surface area (Å²) >= 11 is 1.63. The van der Waals surface area contributed by atoms with Crippen molar-refractivity contribution in [2.75, 3.05) is 5.75 Å². The van der Waals surface area contributed by atoms with Crippen LogP contribution in [0, 0.1) is 12.8 Å². The standard InChI is InChI=1S/C17H25NOS/c1-13-8-10-17(3,11-9-13)18-16(19)12-20-15-7-5-4-6-14(15)2/h4-7,13H,8-12H2,1-3H3,(H,18,19). The largest absolute Gasteiger partial charge is 0.350 e. The van der Waals surface area contributed by atoms with Crippen LogP contribution in [0.2, 0.25) is 0 Å². The monoisotopic (exact) mass is 291 g/mol. The van der Waals surface area contributed by atoms with Crippen LogP contribution in [0.4, 0.5) is 0 Å². The number of hydrogen-bond acceptors (Lipinski definition) is 2. The van der Waals surface area contributed by atoms with Gasteiger partial charge in [-0.1, -0.05) is 25.1 Å². The molecule has 3 heteroatoms. The van der Waals surface area contributed by atoms with E-state index in [0.717, 1.165) is 18.8 Å². The van der Waals surface area contributed by atoms with Crippen LogP contribution in [-0.4, -0.2) is 17.2 Å². The van der Waals surface area contributed by atoms with Crippen LogP contribution in [0.5, 0.6) is 0 Å². The Morgan fingerprint density at radius 2 is 2.00 bits per heavy atom. The van der Waals surface area contributed by atoms with Gasteiger partial charge in [-0.25, -0.2) is 0 Å². The molecule has 0 saturated heterocycles. The number of hydrogen-bond donors (Lipinski definition) is 1. The summed E-state index contributed by atoms with van der Waals surface area (Å²) in [6.07, 6.45) is 4.66. The minimum absolute atomic E-state index is 0.00981. The molecular weight excluding hydrogens is 266 g/mol. The Morgan fingerprint density at radius 3 is 2.65 bits per heavy atom. The van der Waals surface area contributed by atoms with E-state index in [1.807, 2.05) is 12.1 Å². The Balaban J connectivity index is 1.82. The van der Waals surface area contributed by atoms with Gasteiger partial charge in [0, 0.05) is 10.4 Å². The van der Waals surface area contributed by atoms with E-state index >= 15 is 0 Å². The Morgan fingerprint density at radius 1 is 1.35 bits per heavy atom. The van der Waals surface area contributed by atoms with Gasteiger partial charge in [-0.2, -0.15) is 0 Å². The van der Waals surface area contributed by atoms with Gasteiger partial charge in [-0.15, -0.1) is 11.8 Å². The molecule has 0 atom stereocenters. The lowest BCUT2D eigenvalue weighted by Crippen LogP contribution is -2.48. The fraction of sp³-hybridized carbons (Fsp3) is 0.588. The van der Waals surface area contributed by atoms with Crippen LogP contribution in [-0.2, 0) is 4.79 Å². The molecule has 0 radical (unpaired) electrons. The number of nitrogens with one attached hydrogen (secondary N) is 1. The Kier molecular flexibility index (Phi) is 5.14. The molecular formula is C17H25NOS. The summed E-state index contributed by atoms with van der Waals surface area (Å²) < 4.78 is 0. The normalized spacial score (nSPS) is 26.2. The molecule has 110 valence electrons. The SMILES string of the molecule is Cc1ccccc1SCC(=O)NC1(C)CCC(C)CC1. The minimum atomic E-state index is 0.00981. The predicted octanol–water partition coefficient (Wildman–Crippen LogP) is 4.17. The number of carbonyl (C=O) groups is 1. The zero-order valence-corrected chi connectivity index (χ0v) is 13.6. The zero-order chi connectivity index (χ0) is 14.6. The second-order valence-electron chi connectivity index (χ2n) is 6.35. The van der Waals surface area contributed by atoms with Gasteiger partial charge in [0.05, 0.1) is 5.75 Å². The molecule has 1 aromatic carbocycles. The van der Waals surface area contributed by atoms with Gasteiger partial charge in [0.15, 0.2) is 0 Å². The van der Waals surface area contributed by atoms with Crippen molar-refractivity contribution in [3.8, 4) is 0 Å². The fourth-order valence-electron chi connectivity index (χ4n) is 2.76. The van der Waals surface area contributed by atoms with E-state index in [2.05, 4.69) is 38.2 Å². The predicted molar refractivity (Wildman–Crippen MR) is 86.1 cm³/mol. The van der Waals surface area contributed by atoms with Crippen molar-refractivity contribution in [3.05, 3.63) is 29.8 Å². The van der Waals surface area contributed by atoms with Crippen molar-refractivity contribution in [1.82, 2.24) is 5.32 Å². The molecule has 1 amide bonds. The molecule has 1 aliphatic rings. The van der Waals surface area contributed by atoms with E-state index in [9.17, 15) is 4.79 Å². The summed E-state index contributed by atoms with van der Waals surface area (Å²) in [5.41, 5.74) is 1.25. The van der Waals surface area contributed by atoms with E-state index in [1.54, 1.807) is 11.8 Å². The van der Waals surface area contributed by atoms with Crippen LogP contribution >= 0.6 is 11.8 Å². The fourth-order valence-corrected chi connectivity index (χ4v) is 3.59. The van der Waals surface area contributed by atoms with Gasteiger partial charge < -0.3 is 5.32 Å². The lowest BCUT2D eigenvalue weighted by molar-refractivity contribution is -0.120. The molecule has 0 bridgehead atoms. The average molecular weight is 291 g/mol. The van der Waals surface area contributed by atoms with Gasteiger partial charge in [-0.3, -0.25) is 4.79 Å². The molecule has 1 N–H and O–H groups in total. The molecule has 1 aliphatic carbocycles. The molecule has 1 aromatic rings. The number of amides is 1. The highest BCUT2D eigenvalue weighted by atomic mass is 32.2. The third kappa shape index (κ3) is 4.27. The third-order valence-electron chi connectivity index (χ3n) is 4.27. The van der Waals surface area contributed by atoms with Crippen LogP contribution in [0.25, 0.3) is 0 Å².